The summed E-state index contributed by atoms with van der Waals surface area (Å²) in [5.74, 6) is -0.0183. The van der Waals surface area contributed by atoms with Crippen molar-refractivity contribution in [1.82, 2.24) is 24.6 Å². The van der Waals surface area contributed by atoms with E-state index in [1.165, 1.54) is 18.3 Å². The number of aryl methyl sites for hydroxylation is 1. The van der Waals surface area contributed by atoms with E-state index in [-0.39, 0.29) is 11.7 Å². The number of imidazole rings is 1. The molecule has 0 radical (unpaired) electrons. The molecule has 1 unspecified atom stereocenters. The molecule has 8 heteroatoms. The molecule has 0 bridgehead atoms. The van der Waals surface area contributed by atoms with Crippen LogP contribution in [0.25, 0.3) is 5.69 Å². The molecule has 0 saturated carbocycles. The highest BCUT2D eigenvalue weighted by atomic mass is 35.5. The van der Waals surface area contributed by atoms with Gasteiger partial charge in [0.15, 0.2) is 0 Å². The molecule has 1 N–H and O–H groups in total. The van der Waals surface area contributed by atoms with Crippen molar-refractivity contribution in [2.45, 2.75) is 13.0 Å². The van der Waals surface area contributed by atoms with Crippen molar-refractivity contribution in [3.05, 3.63) is 101 Å². The van der Waals surface area contributed by atoms with Crippen molar-refractivity contribution in [3.8, 4) is 5.69 Å². The van der Waals surface area contributed by atoms with Gasteiger partial charge in [-0.05, 0) is 42.8 Å². The van der Waals surface area contributed by atoms with Gasteiger partial charge in [-0.2, -0.15) is 5.10 Å². The summed E-state index contributed by atoms with van der Waals surface area (Å²) in [6, 6.07) is 12.7. The predicted octanol–water partition coefficient (Wildman–Crippen LogP) is 4.23. The van der Waals surface area contributed by atoms with Gasteiger partial charge in [-0.15, -0.1) is 0 Å². The molecule has 4 rings (SSSR count). The third-order valence-corrected chi connectivity index (χ3v) is 5.14. The molecular formula is C22H19ClFN5O. The van der Waals surface area contributed by atoms with Crippen LogP contribution in [0.5, 0.6) is 0 Å². The molecule has 0 aliphatic rings. The minimum Gasteiger partial charge on any atom is -0.338 e. The molecule has 2 aromatic carbocycles. The van der Waals surface area contributed by atoms with E-state index in [1.54, 1.807) is 41.3 Å². The molecule has 30 heavy (non-hydrogen) atoms. The van der Waals surface area contributed by atoms with Crippen molar-refractivity contribution >= 4 is 17.5 Å². The van der Waals surface area contributed by atoms with Gasteiger partial charge in [0.05, 0.1) is 23.1 Å². The lowest BCUT2D eigenvalue weighted by atomic mass is 10.1. The summed E-state index contributed by atoms with van der Waals surface area (Å²) in [4.78, 5) is 17.5. The number of carbonyl (C=O) groups is 1. The van der Waals surface area contributed by atoms with Gasteiger partial charge in [0.25, 0.3) is 5.91 Å². The molecule has 0 aliphatic heterocycles. The van der Waals surface area contributed by atoms with Gasteiger partial charge in [0.2, 0.25) is 0 Å². The van der Waals surface area contributed by atoms with E-state index < -0.39 is 6.04 Å². The van der Waals surface area contributed by atoms with Crippen LogP contribution >= 0.6 is 11.6 Å². The first-order valence-corrected chi connectivity index (χ1v) is 9.66. The third-order valence-electron chi connectivity index (χ3n) is 4.90. The quantitative estimate of drug-likeness (QED) is 0.522. The number of rotatable bonds is 5. The van der Waals surface area contributed by atoms with Crippen LogP contribution in [-0.4, -0.2) is 25.2 Å². The highest BCUT2D eigenvalue weighted by Gasteiger charge is 2.24. The summed E-state index contributed by atoms with van der Waals surface area (Å²) in [7, 11) is 1.84. The maximum absolute atomic E-state index is 13.4. The lowest BCUT2D eigenvalue weighted by Crippen LogP contribution is -2.31. The highest BCUT2D eigenvalue weighted by molar-refractivity contribution is 6.30. The Hall–Kier alpha value is -3.45. The van der Waals surface area contributed by atoms with Crippen molar-refractivity contribution in [3.63, 3.8) is 0 Å². The second kappa shape index (κ2) is 8.12. The minimum atomic E-state index is -0.549. The molecule has 0 fully saturated rings. The Bertz CT molecular complexity index is 1200. The topological polar surface area (TPSA) is 64.7 Å². The smallest absolute Gasteiger partial charge is 0.255 e. The van der Waals surface area contributed by atoms with Gasteiger partial charge >= 0.3 is 0 Å². The number of nitrogens with zero attached hydrogens (tertiary/aromatic N) is 4. The Balaban J connectivity index is 1.67. The summed E-state index contributed by atoms with van der Waals surface area (Å²) in [5.41, 5.74) is 2.58. The van der Waals surface area contributed by atoms with E-state index >= 15 is 0 Å². The number of amides is 1. The number of benzene rings is 2. The Morgan fingerprint density at radius 3 is 2.63 bits per heavy atom. The van der Waals surface area contributed by atoms with Gasteiger partial charge in [0.1, 0.15) is 17.7 Å². The fourth-order valence-corrected chi connectivity index (χ4v) is 3.50. The van der Waals surface area contributed by atoms with Crippen LogP contribution in [0.1, 0.15) is 33.5 Å². The van der Waals surface area contributed by atoms with E-state index in [1.807, 2.05) is 30.7 Å². The minimum absolute atomic E-state index is 0.307. The zero-order valence-electron chi connectivity index (χ0n) is 16.4. The largest absolute Gasteiger partial charge is 0.338 e. The molecule has 2 aromatic heterocycles. The third kappa shape index (κ3) is 3.84. The van der Waals surface area contributed by atoms with E-state index in [4.69, 9.17) is 11.6 Å². The van der Waals surface area contributed by atoms with Crippen LogP contribution in [0.3, 0.4) is 0 Å². The number of nitrogens with one attached hydrogen (secondary N) is 1. The first kappa shape index (κ1) is 19.8. The van der Waals surface area contributed by atoms with Crippen molar-refractivity contribution < 1.29 is 9.18 Å². The van der Waals surface area contributed by atoms with Crippen LogP contribution in [0.15, 0.2) is 67.1 Å². The van der Waals surface area contributed by atoms with E-state index in [0.29, 0.717) is 22.1 Å². The molecular weight excluding hydrogens is 405 g/mol. The van der Waals surface area contributed by atoms with Crippen molar-refractivity contribution in [1.29, 1.82) is 0 Å². The van der Waals surface area contributed by atoms with Crippen LogP contribution < -0.4 is 5.32 Å². The number of aromatic nitrogens is 4. The number of hydrogen-bond donors (Lipinski definition) is 1. The molecule has 152 valence electrons. The second-order valence-electron chi connectivity index (χ2n) is 6.89. The molecule has 4 aromatic rings. The maximum atomic E-state index is 13.4. The van der Waals surface area contributed by atoms with Gasteiger partial charge in [-0.25, -0.2) is 14.1 Å². The normalized spacial score (nSPS) is 12.0. The van der Waals surface area contributed by atoms with Crippen LogP contribution in [-0.2, 0) is 7.05 Å². The van der Waals surface area contributed by atoms with Crippen molar-refractivity contribution in [2.75, 3.05) is 0 Å². The zero-order valence-corrected chi connectivity index (χ0v) is 17.1. The number of halogens is 2. The van der Waals surface area contributed by atoms with E-state index in [9.17, 15) is 9.18 Å². The number of carbonyl (C=O) groups excluding carboxylic acids is 1. The highest BCUT2D eigenvalue weighted by Crippen LogP contribution is 2.23. The molecule has 6 nitrogen and oxygen atoms in total. The Morgan fingerprint density at radius 2 is 1.97 bits per heavy atom. The average molecular weight is 424 g/mol. The summed E-state index contributed by atoms with van der Waals surface area (Å²) >= 11 is 6.08. The number of hydrogen-bond acceptors (Lipinski definition) is 3. The Labute approximate surface area is 177 Å². The monoisotopic (exact) mass is 423 g/mol. The standard InChI is InChI=1S/C22H19ClFN5O/c1-14-19(13-26-29(14)18-5-3-4-16(23)12-18)22(30)27-20(21-25-10-11-28(21)2)15-6-8-17(24)9-7-15/h3-13,20H,1-2H3,(H,27,30). The summed E-state index contributed by atoms with van der Waals surface area (Å²) in [6.45, 7) is 1.82. The summed E-state index contributed by atoms with van der Waals surface area (Å²) < 4.78 is 16.9. The zero-order chi connectivity index (χ0) is 21.3. The molecule has 0 aliphatic carbocycles. The summed E-state index contributed by atoms with van der Waals surface area (Å²) in [5, 5.41) is 7.93. The molecule has 0 saturated heterocycles. The van der Waals surface area contributed by atoms with Gasteiger partial charge in [0, 0.05) is 24.5 Å². The van der Waals surface area contributed by atoms with Gasteiger partial charge in [-0.1, -0.05) is 29.8 Å². The Morgan fingerprint density at radius 1 is 1.20 bits per heavy atom. The van der Waals surface area contributed by atoms with Gasteiger partial charge < -0.3 is 9.88 Å². The fourth-order valence-electron chi connectivity index (χ4n) is 3.32. The lowest BCUT2D eigenvalue weighted by molar-refractivity contribution is 0.0940. The molecule has 1 amide bonds. The fraction of sp³-hybridized carbons (Fsp3) is 0.136. The predicted molar refractivity (Wildman–Crippen MR) is 112 cm³/mol. The van der Waals surface area contributed by atoms with Crippen LogP contribution in [0, 0.1) is 12.7 Å². The molecule has 0 spiro atoms. The van der Waals surface area contributed by atoms with Crippen LogP contribution in [0.4, 0.5) is 4.39 Å². The molecule has 1 atom stereocenters. The Kier molecular flexibility index (Phi) is 5.37. The second-order valence-corrected chi connectivity index (χ2v) is 7.33. The van der Waals surface area contributed by atoms with Crippen molar-refractivity contribution in [2.24, 2.45) is 7.05 Å². The first-order valence-electron chi connectivity index (χ1n) is 9.28. The maximum Gasteiger partial charge on any atom is 0.255 e. The van der Waals surface area contributed by atoms with E-state index in [0.717, 1.165) is 11.3 Å². The van der Waals surface area contributed by atoms with E-state index in [2.05, 4.69) is 15.4 Å². The SMILES string of the molecule is Cc1c(C(=O)NC(c2ccc(F)cc2)c2nccn2C)cnn1-c1cccc(Cl)c1. The van der Waals surface area contributed by atoms with Crippen LogP contribution in [0.2, 0.25) is 5.02 Å². The molecule has 2 heterocycles. The lowest BCUT2D eigenvalue weighted by Gasteiger charge is -2.19. The average Bonchev–Trinajstić information content (AvgIpc) is 3.32. The van der Waals surface area contributed by atoms with Gasteiger partial charge in [-0.3, -0.25) is 4.79 Å². The first-order chi connectivity index (χ1) is 14.4. The summed E-state index contributed by atoms with van der Waals surface area (Å²) in [6.07, 6.45) is 4.96.